The van der Waals surface area contributed by atoms with Crippen LogP contribution in [0.1, 0.15) is 20.8 Å². The predicted octanol–water partition coefficient (Wildman–Crippen LogP) is 2.83. The average Bonchev–Trinajstić information content (AvgIpc) is 2.23. The van der Waals surface area contributed by atoms with Crippen LogP contribution in [0.5, 0.6) is 0 Å². The normalized spacial score (nSPS) is 10.7. The van der Waals surface area contributed by atoms with Crippen molar-refractivity contribution in [3.8, 4) is 0 Å². The third-order valence-corrected chi connectivity index (χ3v) is 2.74. The lowest BCUT2D eigenvalue weighted by atomic mass is 10.2. The Morgan fingerprint density at radius 1 is 1.37 bits per heavy atom. The average molecular weight is 348 g/mol. The van der Waals surface area contributed by atoms with Gasteiger partial charge >= 0.3 is 6.09 Å². The Kier molecular flexibility index (Phi) is 5.13. The zero-order valence-electron chi connectivity index (χ0n) is 10.8. The number of ether oxygens (including phenoxy) is 1. The molecular formula is C12H14BrNO4S. The topological polar surface area (TPSA) is 63.7 Å². The molecule has 0 spiro atoms. The number of carbonyl (C=O) groups excluding carboxylic acids is 1. The molecule has 1 amide bonds. The maximum atomic E-state index is 12.0. The summed E-state index contributed by atoms with van der Waals surface area (Å²) < 4.78 is 27.5. The van der Waals surface area contributed by atoms with Gasteiger partial charge in [0.15, 0.2) is 0 Å². The van der Waals surface area contributed by atoms with E-state index in [1.54, 1.807) is 45.0 Å². The molecule has 0 aliphatic heterocycles. The molecule has 0 aromatic heterocycles. The highest BCUT2D eigenvalue weighted by molar-refractivity contribution is 9.10. The smallest absolute Gasteiger partial charge is 0.419 e. The first-order chi connectivity index (χ1) is 8.69. The van der Waals surface area contributed by atoms with Gasteiger partial charge in [0.2, 0.25) is 10.3 Å². The molecule has 0 bridgehead atoms. The third-order valence-electron chi connectivity index (χ3n) is 1.87. The summed E-state index contributed by atoms with van der Waals surface area (Å²) in [7, 11) is -2.52. The van der Waals surface area contributed by atoms with Gasteiger partial charge < -0.3 is 4.74 Å². The largest absolute Gasteiger partial charge is 0.443 e. The molecule has 1 aromatic rings. The predicted molar refractivity (Wildman–Crippen MR) is 77.8 cm³/mol. The Labute approximate surface area is 121 Å². The Bertz CT molecular complexity index is 596. The molecule has 104 valence electrons. The molecule has 0 radical (unpaired) electrons. The molecule has 1 rings (SSSR count). The maximum Gasteiger partial charge on any atom is 0.419 e. The van der Waals surface area contributed by atoms with E-state index >= 15 is 0 Å². The van der Waals surface area contributed by atoms with E-state index in [1.165, 1.54) is 0 Å². The van der Waals surface area contributed by atoms with Crippen molar-refractivity contribution in [1.29, 1.82) is 0 Å². The van der Waals surface area contributed by atoms with Crippen LogP contribution in [-0.4, -0.2) is 25.6 Å². The Morgan fingerprint density at radius 3 is 2.47 bits per heavy atom. The minimum atomic E-state index is -2.52. The first-order valence-electron chi connectivity index (χ1n) is 5.40. The lowest BCUT2D eigenvalue weighted by molar-refractivity contribution is 0.0606. The van der Waals surface area contributed by atoms with Gasteiger partial charge in [0.05, 0.1) is 5.69 Å². The number of nitrogens with zero attached hydrogens (tertiary/aromatic N) is 1. The van der Waals surface area contributed by atoms with Crippen molar-refractivity contribution in [2.24, 2.45) is 0 Å². The highest BCUT2D eigenvalue weighted by Crippen LogP contribution is 2.21. The molecular weight excluding hydrogens is 334 g/mol. The minimum absolute atomic E-state index is 0.396. The van der Waals surface area contributed by atoms with Crippen LogP contribution >= 0.6 is 15.9 Å². The van der Waals surface area contributed by atoms with Crippen molar-refractivity contribution in [2.75, 3.05) is 4.90 Å². The van der Waals surface area contributed by atoms with Crippen LogP contribution in [0, 0.1) is 0 Å². The standard InChI is InChI=1S/C12H14BrNO4S/c1-12(2,3)18-11(15)14(8-19(16)17)10-6-4-5-9(13)7-10/h4-8H,1-3H3. The van der Waals surface area contributed by atoms with Crippen LogP contribution in [0.25, 0.3) is 0 Å². The highest BCUT2D eigenvalue weighted by Gasteiger charge is 2.22. The molecule has 1 aromatic carbocycles. The highest BCUT2D eigenvalue weighted by atomic mass is 79.9. The van der Waals surface area contributed by atoms with Gasteiger partial charge in [0.1, 0.15) is 11.1 Å². The number of amides is 1. The fourth-order valence-electron chi connectivity index (χ4n) is 1.23. The van der Waals surface area contributed by atoms with Crippen LogP contribution in [0.3, 0.4) is 0 Å². The third kappa shape index (κ3) is 5.44. The summed E-state index contributed by atoms with van der Waals surface area (Å²) >= 11 is 3.26. The molecule has 7 heteroatoms. The molecule has 5 nitrogen and oxygen atoms in total. The van der Waals surface area contributed by atoms with Gasteiger partial charge in [-0.25, -0.2) is 9.69 Å². The van der Waals surface area contributed by atoms with E-state index in [0.29, 0.717) is 5.69 Å². The van der Waals surface area contributed by atoms with E-state index in [9.17, 15) is 13.2 Å². The second kappa shape index (κ2) is 6.21. The van der Waals surface area contributed by atoms with Crippen molar-refractivity contribution in [3.05, 3.63) is 28.7 Å². The molecule has 0 atom stereocenters. The van der Waals surface area contributed by atoms with Crippen molar-refractivity contribution < 1.29 is 17.9 Å². The van der Waals surface area contributed by atoms with Crippen molar-refractivity contribution in [2.45, 2.75) is 26.4 Å². The van der Waals surface area contributed by atoms with Gasteiger partial charge in [-0.1, -0.05) is 22.0 Å². The first kappa shape index (κ1) is 15.7. The summed E-state index contributed by atoms with van der Waals surface area (Å²) in [6.07, 6.45) is -0.755. The van der Waals surface area contributed by atoms with E-state index < -0.39 is 22.0 Å². The number of benzene rings is 1. The molecule has 0 saturated heterocycles. The Morgan fingerprint density at radius 2 is 2.00 bits per heavy atom. The molecule has 0 aliphatic rings. The Balaban J connectivity index is 3.16. The molecule has 0 saturated carbocycles. The summed E-state index contributed by atoms with van der Waals surface area (Å²) in [4.78, 5) is 12.9. The fraction of sp³-hybridized carbons (Fsp3) is 0.333. The summed E-state index contributed by atoms with van der Waals surface area (Å²) in [5, 5.41) is 0. The summed E-state index contributed by atoms with van der Waals surface area (Å²) in [5.74, 6) is 0. The maximum absolute atomic E-state index is 12.0. The number of hydrogen-bond donors (Lipinski definition) is 0. The number of carbonyl (C=O) groups is 1. The SMILES string of the molecule is CC(C)(C)OC(=O)N(C=S(=O)=O)c1cccc(Br)c1. The van der Waals surface area contributed by atoms with Gasteiger partial charge in [-0.05, 0) is 39.0 Å². The number of anilines is 1. The van der Waals surface area contributed by atoms with Gasteiger partial charge in [-0.2, -0.15) is 8.42 Å². The fourth-order valence-corrected chi connectivity index (χ4v) is 2.00. The van der Waals surface area contributed by atoms with Gasteiger partial charge in [-0.15, -0.1) is 0 Å². The second-order valence-corrected chi connectivity index (χ2v) is 6.34. The van der Waals surface area contributed by atoms with Crippen molar-refractivity contribution >= 4 is 43.5 Å². The van der Waals surface area contributed by atoms with Crippen LogP contribution in [0.4, 0.5) is 10.5 Å². The van der Waals surface area contributed by atoms with E-state index in [2.05, 4.69) is 15.9 Å². The van der Waals surface area contributed by atoms with E-state index in [4.69, 9.17) is 4.74 Å². The lowest BCUT2D eigenvalue weighted by Gasteiger charge is -2.24. The molecule has 0 N–H and O–H groups in total. The summed E-state index contributed by atoms with van der Waals surface area (Å²) in [6, 6.07) is 6.69. The zero-order valence-corrected chi connectivity index (χ0v) is 13.2. The first-order valence-corrected chi connectivity index (χ1v) is 7.33. The molecule has 19 heavy (non-hydrogen) atoms. The summed E-state index contributed by atoms with van der Waals surface area (Å²) in [6.45, 7) is 5.12. The molecule has 0 fully saturated rings. The van der Waals surface area contributed by atoms with Gasteiger partial charge in [-0.3, -0.25) is 0 Å². The second-order valence-electron chi connectivity index (χ2n) is 4.70. The summed E-state index contributed by atoms with van der Waals surface area (Å²) in [5.41, 5.74) is 0.461. The number of hydrogen-bond acceptors (Lipinski definition) is 4. The van der Waals surface area contributed by atoms with E-state index in [-0.39, 0.29) is 0 Å². The van der Waals surface area contributed by atoms with E-state index in [0.717, 1.165) is 14.9 Å². The van der Waals surface area contributed by atoms with Gasteiger partial charge in [0, 0.05) is 4.47 Å². The van der Waals surface area contributed by atoms with Crippen LogP contribution < -0.4 is 4.90 Å². The minimum Gasteiger partial charge on any atom is -0.443 e. The monoisotopic (exact) mass is 347 g/mol. The van der Waals surface area contributed by atoms with Gasteiger partial charge in [0.25, 0.3) is 0 Å². The molecule has 0 aliphatic carbocycles. The molecule has 0 heterocycles. The van der Waals surface area contributed by atoms with Crippen LogP contribution in [0.2, 0.25) is 0 Å². The van der Waals surface area contributed by atoms with Crippen molar-refractivity contribution in [1.82, 2.24) is 0 Å². The number of rotatable bonds is 2. The van der Waals surface area contributed by atoms with E-state index in [1.807, 2.05) is 0 Å². The number of halogens is 1. The molecule has 0 unspecified atom stereocenters. The van der Waals surface area contributed by atoms with Crippen LogP contribution in [0.15, 0.2) is 28.7 Å². The zero-order chi connectivity index (χ0) is 14.6. The Hall–Kier alpha value is -1.34. The lowest BCUT2D eigenvalue weighted by Crippen LogP contribution is -2.36. The quantitative estimate of drug-likeness (QED) is 0.771. The van der Waals surface area contributed by atoms with Crippen LogP contribution in [-0.2, 0) is 15.0 Å². The van der Waals surface area contributed by atoms with Crippen molar-refractivity contribution in [3.63, 3.8) is 0 Å².